The Morgan fingerprint density at radius 1 is 1.53 bits per heavy atom. The van der Waals surface area contributed by atoms with Gasteiger partial charge in [0.1, 0.15) is 0 Å². The van der Waals surface area contributed by atoms with Crippen molar-refractivity contribution in [2.75, 3.05) is 0 Å². The second-order valence-electron chi connectivity index (χ2n) is 3.82. The summed E-state index contributed by atoms with van der Waals surface area (Å²) in [5.41, 5.74) is 0.816. The molecule has 0 radical (unpaired) electrons. The van der Waals surface area contributed by atoms with E-state index in [1.807, 2.05) is 0 Å². The van der Waals surface area contributed by atoms with Gasteiger partial charge in [0.2, 0.25) is 0 Å². The van der Waals surface area contributed by atoms with Gasteiger partial charge >= 0.3 is 114 Å². The van der Waals surface area contributed by atoms with E-state index in [0.717, 1.165) is 32.6 Å². The molecule has 2 aromatic rings. The molecule has 6 heteroatoms. The van der Waals surface area contributed by atoms with Crippen molar-refractivity contribution in [3.8, 4) is 0 Å². The van der Waals surface area contributed by atoms with Gasteiger partial charge in [-0.05, 0) is 0 Å². The minimum absolute atomic E-state index is 0.0983. The second kappa shape index (κ2) is 5.35. The minimum atomic E-state index is -1.66. The molecule has 86 valence electrons. The molecular weight excluding hydrogens is 430 g/mol. The van der Waals surface area contributed by atoms with Gasteiger partial charge in [0.15, 0.2) is 0 Å². The second-order valence-corrected chi connectivity index (χ2v) is 9.96. The summed E-state index contributed by atoms with van der Waals surface area (Å²) in [5, 5.41) is 11.6. The van der Waals surface area contributed by atoms with E-state index in [1.54, 1.807) is 12.1 Å². The molecule has 0 aliphatic heterocycles. The number of hydrogen-bond donors (Lipinski definition) is 0. The summed E-state index contributed by atoms with van der Waals surface area (Å²) in [7, 11) is 6.11. The first-order chi connectivity index (χ1) is 8.17. The monoisotopic (exact) mass is 441 g/mol. The van der Waals surface area contributed by atoms with E-state index in [-0.39, 0.29) is 10.6 Å². The van der Waals surface area contributed by atoms with E-state index in [1.165, 1.54) is 6.07 Å². The number of nitro groups is 1. The fourth-order valence-electron chi connectivity index (χ4n) is 1.88. The van der Waals surface area contributed by atoms with E-state index in [9.17, 15) is 10.1 Å². The number of furan rings is 1. The van der Waals surface area contributed by atoms with Crippen molar-refractivity contribution in [3.63, 3.8) is 0 Å². The average Bonchev–Trinajstić information content (AvgIpc) is 2.65. The molecule has 0 amide bonds. The molecular formula is C11H10ClHgNO3. The van der Waals surface area contributed by atoms with Crippen LogP contribution < -0.4 is 3.07 Å². The summed E-state index contributed by atoms with van der Waals surface area (Å²) in [6, 6.07) is 4.71. The predicted octanol–water partition coefficient (Wildman–Crippen LogP) is 3.16. The van der Waals surface area contributed by atoms with Crippen LogP contribution in [0, 0.1) is 10.1 Å². The molecule has 0 aliphatic carbocycles. The molecule has 0 N–H and O–H groups in total. The Morgan fingerprint density at radius 3 is 2.88 bits per heavy atom. The molecule has 0 atom stereocenters. The van der Waals surface area contributed by atoms with Crippen LogP contribution in [0.15, 0.2) is 22.6 Å². The fourth-order valence-corrected chi connectivity index (χ4v) is 7.63. The Labute approximate surface area is 114 Å². The number of nitro benzene ring substituents is 1. The van der Waals surface area contributed by atoms with Crippen LogP contribution >= 0.6 is 8.25 Å². The first-order valence-electron chi connectivity index (χ1n) is 5.42. The average molecular weight is 440 g/mol. The molecule has 4 nitrogen and oxygen atoms in total. The maximum atomic E-state index is 10.7. The SMILES string of the molecule is CCCc1oc2ccc([N+](=O)[O-])cc2[c]1[Hg][Cl]. The van der Waals surface area contributed by atoms with Gasteiger partial charge in [0.05, 0.1) is 0 Å². The van der Waals surface area contributed by atoms with Crippen LogP contribution in [0.25, 0.3) is 11.0 Å². The molecule has 2 rings (SSSR count). The Balaban J connectivity index is 2.62. The van der Waals surface area contributed by atoms with E-state index in [0.29, 0.717) is 0 Å². The Hall–Kier alpha value is -0.615. The van der Waals surface area contributed by atoms with E-state index < -0.39 is 23.3 Å². The first-order valence-corrected chi connectivity index (χ1v) is 14.9. The normalized spacial score (nSPS) is 10.5. The van der Waals surface area contributed by atoms with Crippen molar-refractivity contribution in [2.24, 2.45) is 0 Å². The molecule has 0 saturated heterocycles. The van der Waals surface area contributed by atoms with Crippen molar-refractivity contribution < 1.29 is 32.7 Å². The van der Waals surface area contributed by atoms with Crippen molar-refractivity contribution >= 4 is 28.0 Å². The number of aryl methyl sites for hydroxylation is 1. The summed E-state index contributed by atoms with van der Waals surface area (Å²) >= 11 is -1.66. The number of hydrogen-bond acceptors (Lipinski definition) is 3. The van der Waals surface area contributed by atoms with Crippen LogP contribution in [0.1, 0.15) is 19.1 Å². The Kier molecular flexibility index (Phi) is 4.04. The van der Waals surface area contributed by atoms with Gasteiger partial charge in [0, 0.05) is 0 Å². The molecule has 1 heterocycles. The van der Waals surface area contributed by atoms with E-state index in [2.05, 4.69) is 6.92 Å². The Morgan fingerprint density at radius 2 is 2.29 bits per heavy atom. The van der Waals surface area contributed by atoms with Gasteiger partial charge in [-0.2, -0.15) is 0 Å². The zero-order chi connectivity index (χ0) is 12.4. The molecule has 1 aromatic heterocycles. The number of fused-ring (bicyclic) bond motifs is 1. The summed E-state index contributed by atoms with van der Waals surface area (Å²) in [4.78, 5) is 10.3. The van der Waals surface area contributed by atoms with Crippen molar-refractivity contribution in [1.29, 1.82) is 0 Å². The third kappa shape index (κ3) is 2.47. The maximum absolute atomic E-state index is 10.7. The number of nitrogens with zero attached hydrogens (tertiary/aromatic N) is 1. The number of halogens is 1. The first kappa shape index (κ1) is 12.8. The van der Waals surface area contributed by atoms with Gasteiger partial charge in [0.25, 0.3) is 0 Å². The van der Waals surface area contributed by atoms with Crippen LogP contribution in [0.2, 0.25) is 0 Å². The quantitative estimate of drug-likeness (QED) is 0.417. The predicted molar refractivity (Wildman–Crippen MR) is 62.4 cm³/mol. The number of rotatable bonds is 4. The summed E-state index contributed by atoms with van der Waals surface area (Å²) in [6.07, 6.45) is 1.84. The van der Waals surface area contributed by atoms with Crippen LogP contribution in [0.3, 0.4) is 0 Å². The fraction of sp³-hybridized carbons (Fsp3) is 0.273. The Bertz CT molecular complexity index is 567. The molecule has 1 aromatic carbocycles. The van der Waals surface area contributed by atoms with Crippen molar-refractivity contribution in [2.45, 2.75) is 19.8 Å². The van der Waals surface area contributed by atoms with Crippen LogP contribution in [0.5, 0.6) is 0 Å². The molecule has 17 heavy (non-hydrogen) atoms. The van der Waals surface area contributed by atoms with E-state index in [4.69, 9.17) is 12.7 Å². The number of non-ortho nitro benzene ring substituents is 1. The zero-order valence-electron chi connectivity index (χ0n) is 9.40. The van der Waals surface area contributed by atoms with E-state index >= 15 is 0 Å². The summed E-state index contributed by atoms with van der Waals surface area (Å²) in [5.74, 6) is 0.930. The van der Waals surface area contributed by atoms with Gasteiger partial charge in [-0.1, -0.05) is 0 Å². The van der Waals surface area contributed by atoms with Gasteiger partial charge < -0.3 is 0 Å². The van der Waals surface area contributed by atoms with Crippen molar-refractivity contribution in [3.05, 3.63) is 34.1 Å². The van der Waals surface area contributed by atoms with Crippen LogP contribution in [-0.2, 0) is 29.8 Å². The molecule has 0 fully saturated rings. The summed E-state index contributed by atoms with van der Waals surface area (Å²) < 4.78 is 6.80. The molecule has 0 spiro atoms. The van der Waals surface area contributed by atoms with Crippen molar-refractivity contribution in [1.82, 2.24) is 0 Å². The van der Waals surface area contributed by atoms with Gasteiger partial charge in [-0.3, -0.25) is 0 Å². The number of benzene rings is 1. The third-order valence-corrected chi connectivity index (χ3v) is 9.08. The van der Waals surface area contributed by atoms with Gasteiger partial charge in [-0.15, -0.1) is 0 Å². The van der Waals surface area contributed by atoms with Gasteiger partial charge in [-0.25, -0.2) is 0 Å². The van der Waals surface area contributed by atoms with Crippen LogP contribution in [0.4, 0.5) is 5.69 Å². The summed E-state index contributed by atoms with van der Waals surface area (Å²) in [6.45, 7) is 2.07. The molecule has 0 saturated carbocycles. The molecule has 0 aliphatic rings. The molecule has 0 unspecified atom stereocenters. The zero-order valence-corrected chi connectivity index (χ0v) is 15.7. The van der Waals surface area contributed by atoms with Crippen LogP contribution in [-0.4, -0.2) is 4.92 Å². The topological polar surface area (TPSA) is 56.3 Å². The standard InChI is InChI=1S/C11H10NO3.ClH.Hg/c1-2-3-10-7-8-6-9(12(13)14)4-5-11(8)15-10;;/h4-6H,2-3H2,1H3;1H;/q;;+1/p-1. The molecule has 0 bridgehead atoms. The third-order valence-electron chi connectivity index (χ3n) is 2.68.